The number of hydrogen-bond acceptors (Lipinski definition) is 7. The highest BCUT2D eigenvalue weighted by molar-refractivity contribution is 5.92. The molecule has 184 valence electrons. The molecule has 0 saturated carbocycles. The third-order valence-corrected chi connectivity index (χ3v) is 5.41. The lowest BCUT2D eigenvalue weighted by molar-refractivity contribution is -0.385. The molecule has 10 heteroatoms. The zero-order chi connectivity index (χ0) is 25.7. The molecule has 2 heterocycles. The number of methoxy groups -OCH3 is 1. The number of nitrogens with zero attached hydrogens (tertiary/aromatic N) is 3. The quantitative estimate of drug-likeness (QED) is 0.202. The standard InChI is InChI=1S/C26H24N4O6/c1-17-4-5-18(2)29(17)20-7-9-21(10-8-20)35-16-22-11-13-25(36-22)26(31)28-27-15-19-6-12-24(34-3)23(14-19)30(32)33/h4-15H,16H2,1-3H3,(H,28,31). The van der Waals surface area contributed by atoms with Crippen LogP contribution in [0.4, 0.5) is 5.69 Å². The Morgan fingerprint density at radius 1 is 1.08 bits per heavy atom. The molecule has 0 atom stereocenters. The molecule has 0 fully saturated rings. The highest BCUT2D eigenvalue weighted by atomic mass is 16.6. The molecule has 4 aromatic rings. The maximum atomic E-state index is 12.3. The van der Waals surface area contributed by atoms with Gasteiger partial charge >= 0.3 is 11.6 Å². The lowest BCUT2D eigenvalue weighted by Gasteiger charge is -2.10. The Morgan fingerprint density at radius 2 is 1.81 bits per heavy atom. The van der Waals surface area contributed by atoms with Gasteiger partial charge in [-0.25, -0.2) is 5.43 Å². The predicted molar refractivity (Wildman–Crippen MR) is 133 cm³/mol. The van der Waals surface area contributed by atoms with Crippen LogP contribution in [-0.2, 0) is 6.61 Å². The van der Waals surface area contributed by atoms with Crippen LogP contribution < -0.4 is 14.9 Å². The molecule has 0 aliphatic carbocycles. The fourth-order valence-electron chi connectivity index (χ4n) is 3.65. The number of aryl methyl sites for hydroxylation is 2. The first-order valence-corrected chi connectivity index (χ1v) is 11.0. The van der Waals surface area contributed by atoms with Crippen LogP contribution in [-0.4, -0.2) is 28.7 Å². The van der Waals surface area contributed by atoms with Crippen LogP contribution in [0.1, 0.15) is 33.3 Å². The summed E-state index contributed by atoms with van der Waals surface area (Å²) in [6.07, 6.45) is 1.29. The number of carbonyl (C=O) groups excluding carboxylic acids is 1. The van der Waals surface area contributed by atoms with Crippen molar-refractivity contribution in [1.29, 1.82) is 0 Å². The highest BCUT2D eigenvalue weighted by Crippen LogP contribution is 2.27. The third kappa shape index (κ3) is 5.44. The van der Waals surface area contributed by atoms with Crippen molar-refractivity contribution in [3.05, 3.63) is 105 Å². The van der Waals surface area contributed by atoms with E-state index in [0.29, 0.717) is 17.1 Å². The smallest absolute Gasteiger partial charge is 0.311 e. The van der Waals surface area contributed by atoms with Crippen molar-refractivity contribution in [2.24, 2.45) is 5.10 Å². The van der Waals surface area contributed by atoms with Gasteiger partial charge in [-0.2, -0.15) is 5.10 Å². The van der Waals surface area contributed by atoms with Crippen molar-refractivity contribution in [3.63, 3.8) is 0 Å². The molecule has 36 heavy (non-hydrogen) atoms. The van der Waals surface area contributed by atoms with E-state index >= 15 is 0 Å². The maximum absolute atomic E-state index is 12.3. The van der Waals surface area contributed by atoms with E-state index in [2.05, 4.69) is 41.1 Å². The van der Waals surface area contributed by atoms with E-state index < -0.39 is 10.8 Å². The van der Waals surface area contributed by atoms with Gasteiger partial charge in [0, 0.05) is 28.7 Å². The van der Waals surface area contributed by atoms with Crippen LogP contribution in [0.25, 0.3) is 5.69 Å². The van der Waals surface area contributed by atoms with E-state index in [4.69, 9.17) is 13.9 Å². The van der Waals surface area contributed by atoms with Crippen LogP contribution in [0.15, 0.2) is 76.2 Å². The van der Waals surface area contributed by atoms with Crippen LogP contribution in [0.3, 0.4) is 0 Å². The van der Waals surface area contributed by atoms with Crippen molar-refractivity contribution < 1.29 is 23.6 Å². The minimum atomic E-state index is -0.567. The molecule has 10 nitrogen and oxygen atoms in total. The second-order valence-corrected chi connectivity index (χ2v) is 7.89. The monoisotopic (exact) mass is 488 g/mol. The maximum Gasteiger partial charge on any atom is 0.311 e. The summed E-state index contributed by atoms with van der Waals surface area (Å²) in [5.41, 5.74) is 5.90. The van der Waals surface area contributed by atoms with E-state index in [9.17, 15) is 14.9 Å². The number of nitrogens with one attached hydrogen (secondary N) is 1. The molecule has 1 amide bonds. The van der Waals surface area contributed by atoms with Crippen molar-refractivity contribution in [2.75, 3.05) is 7.11 Å². The summed E-state index contributed by atoms with van der Waals surface area (Å²) < 4.78 is 18.4. The van der Waals surface area contributed by atoms with Gasteiger partial charge in [0.05, 0.1) is 18.2 Å². The van der Waals surface area contributed by atoms with Gasteiger partial charge in [0.1, 0.15) is 18.1 Å². The molecule has 4 rings (SSSR count). The number of rotatable bonds is 9. The SMILES string of the molecule is COc1ccc(C=NNC(=O)c2ccc(COc3ccc(-n4c(C)ccc4C)cc3)o2)cc1[N+](=O)[O-]. The third-order valence-electron chi connectivity index (χ3n) is 5.41. The Balaban J connectivity index is 1.32. The average Bonchev–Trinajstić information content (AvgIpc) is 3.49. The van der Waals surface area contributed by atoms with Crippen LogP contribution in [0.2, 0.25) is 0 Å². The van der Waals surface area contributed by atoms with Gasteiger partial charge < -0.3 is 18.5 Å². The largest absolute Gasteiger partial charge is 0.490 e. The Hall–Kier alpha value is -4.86. The zero-order valence-electron chi connectivity index (χ0n) is 19.9. The molecule has 0 saturated heterocycles. The summed E-state index contributed by atoms with van der Waals surface area (Å²) in [5, 5.41) is 15.0. The van der Waals surface area contributed by atoms with Gasteiger partial charge in [0.25, 0.3) is 0 Å². The molecule has 1 N–H and O–H groups in total. The number of nitro groups is 1. The van der Waals surface area contributed by atoms with E-state index in [-0.39, 0.29) is 23.8 Å². The van der Waals surface area contributed by atoms with E-state index in [0.717, 1.165) is 17.1 Å². The number of amides is 1. The van der Waals surface area contributed by atoms with E-state index in [1.54, 1.807) is 12.1 Å². The minimum absolute atomic E-state index is 0.0559. The Bertz CT molecular complexity index is 1400. The van der Waals surface area contributed by atoms with Gasteiger partial charge in [-0.05, 0) is 74.5 Å². The topological polar surface area (TPSA) is 121 Å². The number of carbonyl (C=O) groups is 1. The molecule has 0 aliphatic rings. The summed E-state index contributed by atoms with van der Waals surface area (Å²) in [4.78, 5) is 22.9. The van der Waals surface area contributed by atoms with Crippen LogP contribution in [0.5, 0.6) is 11.5 Å². The number of furan rings is 1. The van der Waals surface area contributed by atoms with Crippen molar-refractivity contribution in [3.8, 4) is 17.2 Å². The van der Waals surface area contributed by atoms with Gasteiger partial charge in [-0.15, -0.1) is 0 Å². The predicted octanol–water partition coefficient (Wildman–Crippen LogP) is 4.95. The number of ether oxygens (including phenoxy) is 2. The summed E-state index contributed by atoms with van der Waals surface area (Å²) >= 11 is 0. The molecule has 0 radical (unpaired) electrons. The number of benzene rings is 2. The number of aromatic nitrogens is 1. The number of nitro benzene ring substituents is 1. The summed E-state index contributed by atoms with van der Waals surface area (Å²) in [5.74, 6) is 0.758. The Morgan fingerprint density at radius 3 is 2.47 bits per heavy atom. The molecule has 0 bridgehead atoms. The molecule has 2 aromatic heterocycles. The molecule has 2 aromatic carbocycles. The molecular weight excluding hydrogens is 464 g/mol. The zero-order valence-corrected chi connectivity index (χ0v) is 19.9. The van der Waals surface area contributed by atoms with Gasteiger partial charge in [-0.3, -0.25) is 14.9 Å². The van der Waals surface area contributed by atoms with Crippen LogP contribution >= 0.6 is 0 Å². The van der Waals surface area contributed by atoms with Crippen molar-refractivity contribution >= 4 is 17.8 Å². The fourth-order valence-corrected chi connectivity index (χ4v) is 3.65. The summed E-state index contributed by atoms with van der Waals surface area (Å²) in [7, 11) is 1.35. The van der Waals surface area contributed by atoms with E-state index in [1.807, 2.05) is 24.3 Å². The molecule has 0 aliphatic heterocycles. The number of hydrogen-bond donors (Lipinski definition) is 1. The van der Waals surface area contributed by atoms with E-state index in [1.165, 1.54) is 31.5 Å². The second kappa shape index (κ2) is 10.6. The average molecular weight is 489 g/mol. The lowest BCUT2D eigenvalue weighted by Crippen LogP contribution is -2.16. The minimum Gasteiger partial charge on any atom is -0.490 e. The van der Waals surface area contributed by atoms with Gasteiger partial charge in [0.2, 0.25) is 0 Å². The highest BCUT2D eigenvalue weighted by Gasteiger charge is 2.15. The molecule has 0 spiro atoms. The molecule has 0 unspecified atom stereocenters. The van der Waals surface area contributed by atoms with Gasteiger partial charge in [0.15, 0.2) is 11.5 Å². The lowest BCUT2D eigenvalue weighted by atomic mass is 10.2. The summed E-state index contributed by atoms with van der Waals surface area (Å²) in [6.45, 7) is 4.25. The van der Waals surface area contributed by atoms with Gasteiger partial charge in [-0.1, -0.05) is 0 Å². The normalized spacial score (nSPS) is 11.0. The van der Waals surface area contributed by atoms with Crippen LogP contribution in [0, 0.1) is 24.0 Å². The Labute approximate surface area is 206 Å². The Kier molecular flexibility index (Phi) is 7.15. The molecular formula is C26H24N4O6. The first-order chi connectivity index (χ1) is 17.4. The summed E-state index contributed by atoms with van der Waals surface area (Å²) in [6, 6.07) is 19.3. The first-order valence-electron chi connectivity index (χ1n) is 11.0. The fraction of sp³-hybridized carbons (Fsp3) is 0.154. The van der Waals surface area contributed by atoms with Crippen molar-refractivity contribution in [2.45, 2.75) is 20.5 Å². The second-order valence-electron chi connectivity index (χ2n) is 7.89. The number of hydrazone groups is 1. The first kappa shape index (κ1) is 24.3. The van der Waals surface area contributed by atoms with Crippen molar-refractivity contribution in [1.82, 2.24) is 9.99 Å².